The molecule has 2 aromatic rings. The third-order valence-electron chi connectivity index (χ3n) is 5.31. The van der Waals surface area contributed by atoms with Crippen molar-refractivity contribution in [3.8, 4) is 0 Å². The van der Waals surface area contributed by atoms with E-state index in [0.717, 1.165) is 25.9 Å². The normalized spacial score (nSPS) is 16.6. The Labute approximate surface area is 174 Å². The third kappa shape index (κ3) is 3.83. The molecule has 2 aliphatic heterocycles. The Bertz CT molecular complexity index is 1020. The summed E-state index contributed by atoms with van der Waals surface area (Å²) in [5, 5.41) is 2.70. The van der Waals surface area contributed by atoms with Crippen LogP contribution in [0, 0.1) is 5.82 Å². The van der Waals surface area contributed by atoms with Gasteiger partial charge in [-0.15, -0.1) is 0 Å². The summed E-state index contributed by atoms with van der Waals surface area (Å²) in [6.45, 7) is 2.97. The average Bonchev–Trinajstić information content (AvgIpc) is 3.32. The predicted octanol–water partition coefficient (Wildman–Crippen LogP) is 3.16. The molecule has 1 N–H and O–H groups in total. The number of carbonyl (C=O) groups is 3. The van der Waals surface area contributed by atoms with E-state index in [1.54, 1.807) is 36.4 Å². The number of amides is 3. The van der Waals surface area contributed by atoms with E-state index in [1.807, 2.05) is 4.90 Å². The second-order valence-corrected chi connectivity index (χ2v) is 7.50. The first-order chi connectivity index (χ1) is 14.4. The van der Waals surface area contributed by atoms with E-state index in [0.29, 0.717) is 28.1 Å². The van der Waals surface area contributed by atoms with Crippen molar-refractivity contribution in [2.45, 2.75) is 26.3 Å². The third-order valence-corrected chi connectivity index (χ3v) is 5.31. The van der Waals surface area contributed by atoms with Gasteiger partial charge in [0.25, 0.3) is 11.8 Å². The average molecular weight is 407 g/mol. The Kier molecular flexibility index (Phi) is 5.35. The Morgan fingerprint density at radius 1 is 0.967 bits per heavy atom. The molecule has 2 aromatic carbocycles. The molecule has 4 rings (SSSR count). The van der Waals surface area contributed by atoms with Gasteiger partial charge in [0.15, 0.2) is 0 Å². The highest BCUT2D eigenvalue weighted by Crippen LogP contribution is 2.34. The Hall–Kier alpha value is -3.48. The molecule has 30 heavy (non-hydrogen) atoms. The fourth-order valence-corrected chi connectivity index (χ4v) is 3.90. The maximum absolute atomic E-state index is 13.3. The van der Waals surface area contributed by atoms with Crippen LogP contribution < -0.4 is 5.32 Å². The lowest BCUT2D eigenvalue weighted by molar-refractivity contribution is -0.138. The first-order valence-corrected chi connectivity index (χ1v) is 9.92. The lowest BCUT2D eigenvalue weighted by atomic mass is 10.0. The van der Waals surface area contributed by atoms with E-state index < -0.39 is 0 Å². The van der Waals surface area contributed by atoms with Crippen molar-refractivity contribution in [3.63, 3.8) is 0 Å². The van der Waals surface area contributed by atoms with Crippen LogP contribution in [0.4, 0.5) is 10.1 Å². The van der Waals surface area contributed by atoms with Gasteiger partial charge in [0.2, 0.25) is 5.91 Å². The van der Waals surface area contributed by atoms with Crippen molar-refractivity contribution in [2.75, 3.05) is 18.4 Å². The van der Waals surface area contributed by atoms with E-state index in [4.69, 9.17) is 0 Å². The molecular formula is C23H22FN3O3. The summed E-state index contributed by atoms with van der Waals surface area (Å²) >= 11 is 0. The largest absolute Gasteiger partial charge is 0.366 e. The number of nitrogens with zero attached hydrogens (tertiary/aromatic N) is 2. The van der Waals surface area contributed by atoms with Gasteiger partial charge in [-0.05, 0) is 48.2 Å². The maximum atomic E-state index is 13.3. The van der Waals surface area contributed by atoms with Crippen LogP contribution in [0.5, 0.6) is 0 Å². The number of anilines is 1. The van der Waals surface area contributed by atoms with E-state index in [-0.39, 0.29) is 30.1 Å². The minimum atomic E-state index is -0.367. The molecule has 2 heterocycles. The van der Waals surface area contributed by atoms with Gasteiger partial charge >= 0.3 is 0 Å². The van der Waals surface area contributed by atoms with Gasteiger partial charge in [0.1, 0.15) is 11.5 Å². The lowest BCUT2D eigenvalue weighted by Crippen LogP contribution is -2.34. The van der Waals surface area contributed by atoms with Crippen LogP contribution in [0.3, 0.4) is 0 Å². The Morgan fingerprint density at radius 3 is 2.20 bits per heavy atom. The standard InChI is InChI=1S/C23H22FN3O3/c1-15(28)25-19-10-6-17(7-11-19)20-21(26-12-2-3-13-26)23(30)27(22(20)29)14-16-4-8-18(24)9-5-16/h4-11H,2-3,12-14H2,1H3,(H,25,28). The van der Waals surface area contributed by atoms with E-state index in [2.05, 4.69) is 5.32 Å². The molecule has 3 amide bonds. The van der Waals surface area contributed by atoms with Gasteiger partial charge in [-0.2, -0.15) is 0 Å². The van der Waals surface area contributed by atoms with Gasteiger partial charge in [0.05, 0.1) is 12.1 Å². The molecule has 0 aromatic heterocycles. The molecule has 1 fully saturated rings. The molecule has 7 heteroatoms. The minimum Gasteiger partial charge on any atom is -0.366 e. The second kappa shape index (κ2) is 8.10. The number of benzene rings is 2. The number of halogens is 1. The van der Waals surface area contributed by atoms with Crippen molar-refractivity contribution in [3.05, 3.63) is 71.2 Å². The fourth-order valence-electron chi connectivity index (χ4n) is 3.90. The summed E-state index contributed by atoms with van der Waals surface area (Å²) in [6.07, 6.45) is 1.94. The van der Waals surface area contributed by atoms with Gasteiger partial charge in [0, 0.05) is 25.7 Å². The molecule has 0 bridgehead atoms. The highest BCUT2D eigenvalue weighted by atomic mass is 19.1. The van der Waals surface area contributed by atoms with E-state index >= 15 is 0 Å². The summed E-state index contributed by atoms with van der Waals surface area (Å²) in [6, 6.07) is 12.7. The van der Waals surface area contributed by atoms with Crippen LogP contribution in [-0.4, -0.2) is 40.6 Å². The van der Waals surface area contributed by atoms with Crippen LogP contribution in [0.15, 0.2) is 54.2 Å². The highest BCUT2D eigenvalue weighted by molar-refractivity contribution is 6.35. The van der Waals surface area contributed by atoms with Crippen molar-refractivity contribution in [1.29, 1.82) is 0 Å². The van der Waals surface area contributed by atoms with Gasteiger partial charge < -0.3 is 10.2 Å². The first kappa shape index (κ1) is 19.8. The summed E-state index contributed by atoms with van der Waals surface area (Å²) in [4.78, 5) is 41.0. The number of hydrogen-bond donors (Lipinski definition) is 1. The predicted molar refractivity (Wildman–Crippen MR) is 110 cm³/mol. The zero-order valence-electron chi connectivity index (χ0n) is 16.7. The zero-order chi connectivity index (χ0) is 21.3. The van der Waals surface area contributed by atoms with Crippen LogP contribution in [0.25, 0.3) is 5.57 Å². The molecule has 0 radical (unpaired) electrons. The number of carbonyl (C=O) groups excluding carboxylic acids is 3. The number of hydrogen-bond acceptors (Lipinski definition) is 4. The van der Waals surface area contributed by atoms with Crippen molar-refractivity contribution >= 4 is 29.0 Å². The Balaban J connectivity index is 1.68. The van der Waals surface area contributed by atoms with Gasteiger partial charge in [-0.1, -0.05) is 24.3 Å². The summed E-state index contributed by atoms with van der Waals surface area (Å²) in [7, 11) is 0. The van der Waals surface area contributed by atoms with Crippen LogP contribution in [-0.2, 0) is 20.9 Å². The summed E-state index contributed by atoms with van der Waals surface area (Å²) < 4.78 is 13.2. The number of imide groups is 1. The van der Waals surface area contributed by atoms with Gasteiger partial charge in [-0.25, -0.2) is 4.39 Å². The molecule has 1 saturated heterocycles. The summed E-state index contributed by atoms with van der Waals surface area (Å²) in [5.74, 6) is -1.24. The molecule has 0 aliphatic carbocycles. The number of rotatable bonds is 5. The molecule has 0 atom stereocenters. The Morgan fingerprint density at radius 2 is 1.60 bits per heavy atom. The van der Waals surface area contributed by atoms with Gasteiger partial charge in [-0.3, -0.25) is 19.3 Å². The fraction of sp³-hybridized carbons (Fsp3) is 0.261. The molecule has 2 aliphatic rings. The van der Waals surface area contributed by atoms with Crippen molar-refractivity contribution in [1.82, 2.24) is 9.80 Å². The van der Waals surface area contributed by atoms with Crippen molar-refractivity contribution in [2.24, 2.45) is 0 Å². The highest BCUT2D eigenvalue weighted by Gasteiger charge is 2.42. The molecule has 0 spiro atoms. The van der Waals surface area contributed by atoms with Crippen LogP contribution >= 0.6 is 0 Å². The second-order valence-electron chi connectivity index (χ2n) is 7.50. The monoisotopic (exact) mass is 407 g/mol. The van der Waals surface area contributed by atoms with Crippen LogP contribution in [0.1, 0.15) is 30.9 Å². The SMILES string of the molecule is CC(=O)Nc1ccc(C2=C(N3CCCC3)C(=O)N(Cc3ccc(F)cc3)C2=O)cc1. The summed E-state index contributed by atoms with van der Waals surface area (Å²) in [5.41, 5.74) is 2.73. The molecule has 0 saturated carbocycles. The topological polar surface area (TPSA) is 69.7 Å². The van der Waals surface area contributed by atoms with Crippen molar-refractivity contribution < 1.29 is 18.8 Å². The number of nitrogens with one attached hydrogen (secondary N) is 1. The maximum Gasteiger partial charge on any atom is 0.278 e. The smallest absolute Gasteiger partial charge is 0.278 e. The van der Waals surface area contributed by atoms with Crippen LogP contribution in [0.2, 0.25) is 0 Å². The zero-order valence-corrected chi connectivity index (χ0v) is 16.7. The van der Waals surface area contributed by atoms with E-state index in [9.17, 15) is 18.8 Å². The molecular weight excluding hydrogens is 385 g/mol. The van der Waals surface area contributed by atoms with E-state index in [1.165, 1.54) is 24.0 Å². The first-order valence-electron chi connectivity index (χ1n) is 9.92. The number of likely N-dealkylation sites (tertiary alicyclic amines) is 1. The minimum absolute atomic E-state index is 0.0861. The molecule has 6 nitrogen and oxygen atoms in total. The molecule has 154 valence electrons. The molecule has 0 unspecified atom stereocenters. The lowest BCUT2D eigenvalue weighted by Gasteiger charge is -2.20. The quantitative estimate of drug-likeness (QED) is 0.773.